The molecule has 0 spiro atoms. The Bertz CT molecular complexity index is 604. The number of aryl methyl sites for hydroxylation is 1. The van der Waals surface area contributed by atoms with Crippen molar-refractivity contribution in [1.29, 1.82) is 0 Å². The Labute approximate surface area is 123 Å². The van der Waals surface area contributed by atoms with Gasteiger partial charge in [0.05, 0.1) is 0 Å². The summed E-state index contributed by atoms with van der Waals surface area (Å²) in [4.78, 5) is 14.8. The predicted molar refractivity (Wildman–Crippen MR) is 74.2 cm³/mol. The lowest BCUT2D eigenvalue weighted by molar-refractivity contribution is 0.0656. The zero-order valence-corrected chi connectivity index (χ0v) is 12.1. The summed E-state index contributed by atoms with van der Waals surface area (Å²) in [5, 5.41) is 10.1. The quantitative estimate of drug-likeness (QED) is 0.673. The van der Waals surface area contributed by atoms with Crippen LogP contribution in [0.4, 0.5) is 0 Å². The lowest BCUT2D eigenvalue weighted by Gasteiger charge is -2.06. The van der Waals surface area contributed by atoms with Crippen LogP contribution in [-0.4, -0.2) is 16.1 Å². The van der Waals surface area contributed by atoms with Crippen LogP contribution in [0.15, 0.2) is 27.7 Å². The number of thioether (sulfide) groups is 1. The number of pyridine rings is 1. The zero-order chi connectivity index (χ0) is 14.0. The Balaban J connectivity index is 2.12. The van der Waals surface area contributed by atoms with Gasteiger partial charge in [0.1, 0.15) is 5.15 Å². The second-order valence-corrected chi connectivity index (χ2v) is 5.47. The number of carbonyl (C=O) groups is 1. The minimum Gasteiger partial charge on any atom is -0.475 e. The molecule has 0 fully saturated rings. The van der Waals surface area contributed by atoms with E-state index in [1.165, 1.54) is 17.8 Å². The predicted octanol–water partition coefficient (Wildman–Crippen LogP) is 4.28. The van der Waals surface area contributed by atoms with Crippen LogP contribution in [0.3, 0.4) is 0 Å². The van der Waals surface area contributed by atoms with E-state index in [-0.39, 0.29) is 5.76 Å². The highest BCUT2D eigenvalue weighted by molar-refractivity contribution is 7.98. The number of halogens is 2. The average Bonchev–Trinajstić information content (AvgIpc) is 2.76. The van der Waals surface area contributed by atoms with Gasteiger partial charge in [-0.2, -0.15) is 0 Å². The number of carboxylic acids is 1. The van der Waals surface area contributed by atoms with Crippen molar-refractivity contribution in [3.8, 4) is 0 Å². The van der Waals surface area contributed by atoms with E-state index in [1.54, 1.807) is 19.1 Å². The summed E-state index contributed by atoms with van der Waals surface area (Å²) < 4.78 is 5.13. The monoisotopic (exact) mass is 317 g/mol. The van der Waals surface area contributed by atoms with Gasteiger partial charge in [-0.25, -0.2) is 9.78 Å². The van der Waals surface area contributed by atoms with Crippen molar-refractivity contribution in [2.75, 3.05) is 0 Å². The molecule has 0 aliphatic carbocycles. The molecule has 4 nitrogen and oxygen atoms in total. The van der Waals surface area contributed by atoms with Crippen LogP contribution in [0, 0.1) is 6.92 Å². The third-order valence-corrected chi connectivity index (χ3v) is 3.89. The van der Waals surface area contributed by atoms with E-state index < -0.39 is 5.97 Å². The minimum atomic E-state index is -1.10. The highest BCUT2D eigenvalue weighted by Crippen LogP contribution is 2.31. The van der Waals surface area contributed by atoms with Crippen LogP contribution in [0.2, 0.25) is 10.2 Å². The van der Waals surface area contributed by atoms with Crippen LogP contribution in [0.1, 0.15) is 21.8 Å². The van der Waals surface area contributed by atoms with E-state index in [0.29, 0.717) is 26.6 Å². The summed E-state index contributed by atoms with van der Waals surface area (Å²) >= 11 is 13.4. The van der Waals surface area contributed by atoms with E-state index >= 15 is 0 Å². The number of aromatic carboxylic acids is 1. The van der Waals surface area contributed by atoms with Crippen molar-refractivity contribution in [3.05, 3.63) is 45.4 Å². The van der Waals surface area contributed by atoms with E-state index in [1.807, 2.05) is 0 Å². The second-order valence-electron chi connectivity index (χ2n) is 3.73. The van der Waals surface area contributed by atoms with Gasteiger partial charge in [0.2, 0.25) is 5.76 Å². The van der Waals surface area contributed by atoms with Crippen molar-refractivity contribution >= 4 is 40.9 Å². The van der Waals surface area contributed by atoms with Gasteiger partial charge in [0, 0.05) is 22.0 Å². The Kier molecular flexibility index (Phi) is 4.39. The van der Waals surface area contributed by atoms with Gasteiger partial charge in [0.25, 0.3) is 0 Å². The summed E-state index contributed by atoms with van der Waals surface area (Å²) in [6.07, 6.45) is 0. The zero-order valence-electron chi connectivity index (χ0n) is 9.81. The van der Waals surface area contributed by atoms with Crippen LogP contribution in [-0.2, 0) is 5.75 Å². The number of hydrogen-bond donors (Lipinski definition) is 1. The maximum absolute atomic E-state index is 10.7. The normalized spacial score (nSPS) is 10.7. The molecule has 0 aliphatic heterocycles. The molecule has 2 aromatic heterocycles. The molecule has 2 aromatic rings. The SMILES string of the molecule is Cc1cc(Cl)c(CSc2ccc(C(=O)O)o2)c(Cl)n1. The summed E-state index contributed by atoms with van der Waals surface area (Å²) in [6.45, 7) is 1.81. The van der Waals surface area contributed by atoms with Crippen molar-refractivity contribution in [2.45, 2.75) is 17.8 Å². The van der Waals surface area contributed by atoms with Crippen LogP contribution >= 0.6 is 35.0 Å². The first-order valence-corrected chi connectivity index (χ1v) is 6.99. The number of furan rings is 1. The summed E-state index contributed by atoms with van der Waals surface area (Å²) in [7, 11) is 0. The molecule has 0 aromatic carbocycles. The third-order valence-electron chi connectivity index (χ3n) is 2.30. The molecule has 0 radical (unpaired) electrons. The fraction of sp³-hybridized carbons (Fsp3) is 0.167. The molecule has 2 heterocycles. The Morgan fingerprint density at radius 3 is 2.79 bits per heavy atom. The molecule has 100 valence electrons. The molecule has 0 aliphatic rings. The van der Waals surface area contributed by atoms with Gasteiger partial charge < -0.3 is 9.52 Å². The molecular formula is C12H9Cl2NO3S. The molecular weight excluding hydrogens is 309 g/mol. The molecule has 2 rings (SSSR count). The summed E-state index contributed by atoms with van der Waals surface area (Å²) in [5.74, 6) is -0.737. The highest BCUT2D eigenvalue weighted by Gasteiger charge is 2.12. The van der Waals surface area contributed by atoms with Gasteiger partial charge in [-0.05, 0) is 25.1 Å². The summed E-state index contributed by atoms with van der Waals surface area (Å²) in [5.41, 5.74) is 1.45. The van der Waals surface area contributed by atoms with Crippen molar-refractivity contribution in [2.24, 2.45) is 0 Å². The Morgan fingerprint density at radius 1 is 1.47 bits per heavy atom. The number of nitrogens with zero attached hydrogens (tertiary/aromatic N) is 1. The molecule has 0 amide bonds. The van der Waals surface area contributed by atoms with E-state index in [9.17, 15) is 4.79 Å². The lowest BCUT2D eigenvalue weighted by atomic mass is 10.3. The van der Waals surface area contributed by atoms with Gasteiger partial charge in [-0.3, -0.25) is 0 Å². The molecule has 7 heteroatoms. The van der Waals surface area contributed by atoms with Crippen molar-refractivity contribution in [3.63, 3.8) is 0 Å². The van der Waals surface area contributed by atoms with E-state index in [2.05, 4.69) is 4.98 Å². The van der Waals surface area contributed by atoms with Gasteiger partial charge in [-0.15, -0.1) is 0 Å². The second kappa shape index (κ2) is 5.86. The first kappa shape index (κ1) is 14.2. The molecule has 0 saturated heterocycles. The summed E-state index contributed by atoms with van der Waals surface area (Å²) in [6, 6.07) is 4.73. The molecule has 19 heavy (non-hydrogen) atoms. The Hall–Kier alpha value is -1.17. The van der Waals surface area contributed by atoms with Crippen molar-refractivity contribution in [1.82, 2.24) is 4.98 Å². The molecule has 0 saturated carbocycles. The topological polar surface area (TPSA) is 63.3 Å². The van der Waals surface area contributed by atoms with Gasteiger partial charge in [-0.1, -0.05) is 35.0 Å². The maximum Gasteiger partial charge on any atom is 0.371 e. The molecule has 0 atom stereocenters. The number of rotatable bonds is 4. The van der Waals surface area contributed by atoms with Crippen LogP contribution in [0.25, 0.3) is 0 Å². The minimum absolute atomic E-state index is 0.0956. The van der Waals surface area contributed by atoms with Gasteiger partial charge >= 0.3 is 5.97 Å². The van der Waals surface area contributed by atoms with Crippen LogP contribution in [0.5, 0.6) is 0 Å². The number of carboxylic acid groups (broad SMARTS) is 1. The van der Waals surface area contributed by atoms with Gasteiger partial charge in [0.15, 0.2) is 5.09 Å². The average molecular weight is 318 g/mol. The largest absolute Gasteiger partial charge is 0.475 e. The standard InChI is InChI=1S/C12H9Cl2NO3S/c1-6-4-8(13)7(11(14)15-6)5-19-10-3-2-9(18-10)12(16)17/h2-4H,5H2,1H3,(H,16,17). The third kappa shape index (κ3) is 3.43. The lowest BCUT2D eigenvalue weighted by Crippen LogP contribution is -1.92. The first-order chi connectivity index (χ1) is 8.97. The maximum atomic E-state index is 10.7. The number of hydrogen-bond acceptors (Lipinski definition) is 4. The molecule has 0 unspecified atom stereocenters. The van der Waals surface area contributed by atoms with Crippen molar-refractivity contribution < 1.29 is 14.3 Å². The fourth-order valence-corrected chi connectivity index (χ4v) is 3.12. The number of aromatic nitrogens is 1. The highest BCUT2D eigenvalue weighted by atomic mass is 35.5. The van der Waals surface area contributed by atoms with E-state index in [4.69, 9.17) is 32.7 Å². The first-order valence-electron chi connectivity index (χ1n) is 5.25. The molecule has 0 bridgehead atoms. The smallest absolute Gasteiger partial charge is 0.371 e. The Morgan fingerprint density at radius 2 is 2.21 bits per heavy atom. The van der Waals surface area contributed by atoms with Crippen LogP contribution < -0.4 is 0 Å². The fourth-order valence-electron chi connectivity index (χ4n) is 1.41. The van der Waals surface area contributed by atoms with E-state index in [0.717, 1.165) is 5.69 Å². The molecule has 1 N–H and O–H groups in total.